The first-order chi connectivity index (χ1) is 15.8. The van der Waals surface area contributed by atoms with Crippen LogP contribution < -0.4 is 5.32 Å². The Morgan fingerprint density at radius 3 is 1.82 bits per heavy atom. The van der Waals surface area contributed by atoms with Crippen molar-refractivity contribution in [1.29, 1.82) is 26.3 Å². The van der Waals surface area contributed by atoms with Gasteiger partial charge >= 0.3 is 0 Å². The van der Waals surface area contributed by atoms with Crippen LogP contribution in [0.4, 0.5) is 0 Å². The molecule has 11 heteroatoms. The number of nitrogens with zero attached hydrogens (tertiary/aromatic N) is 10. The molecular weight excluding hydrogens is 418 g/mol. The third-order valence-corrected chi connectivity index (χ3v) is 6.84. The summed E-state index contributed by atoms with van der Waals surface area (Å²) in [6, 6.07) is 7.84. The average Bonchev–Trinajstić information content (AvgIpc) is 2.81. The molecule has 0 aromatic carbocycles. The van der Waals surface area contributed by atoms with Crippen LogP contribution in [-0.2, 0) is 0 Å². The molecule has 164 valence electrons. The Morgan fingerprint density at radius 2 is 1.30 bits per heavy atom. The molecule has 11 nitrogen and oxygen atoms in total. The highest BCUT2D eigenvalue weighted by atomic mass is 15.4. The van der Waals surface area contributed by atoms with E-state index in [1.165, 1.54) is 0 Å². The molecule has 4 rings (SSSR count). The monoisotopic (exact) mass is 439 g/mol. The van der Waals surface area contributed by atoms with Gasteiger partial charge in [0.15, 0.2) is 29.5 Å². The Bertz CT molecular complexity index is 1270. The number of likely N-dealkylation sites (N-methyl/N-ethyl adjacent to an activating group) is 4. The van der Waals surface area contributed by atoms with Crippen LogP contribution in [0.15, 0.2) is 39.2 Å². The number of fused-ring (bicyclic) bond motifs is 4. The van der Waals surface area contributed by atoms with Crippen molar-refractivity contribution in [2.45, 2.75) is 37.1 Å². The van der Waals surface area contributed by atoms with Crippen LogP contribution in [-0.4, -0.2) is 83.7 Å². The molecule has 0 amide bonds. The molecule has 0 saturated carbocycles. The van der Waals surface area contributed by atoms with Gasteiger partial charge < -0.3 is 24.9 Å². The number of aliphatic imine (C=N–C) groups is 1. The van der Waals surface area contributed by atoms with E-state index in [4.69, 9.17) is 4.99 Å². The maximum Gasteiger partial charge on any atom is 0.153 e. The highest BCUT2D eigenvalue weighted by Gasteiger charge is 2.54. The van der Waals surface area contributed by atoms with Crippen molar-refractivity contribution < 1.29 is 0 Å². The first-order valence-corrected chi connectivity index (χ1v) is 10.2. The highest BCUT2D eigenvalue weighted by Crippen LogP contribution is 2.46. The molecule has 5 atom stereocenters. The first kappa shape index (κ1) is 21.6. The minimum atomic E-state index is -0.750. The van der Waals surface area contributed by atoms with Gasteiger partial charge in [-0.2, -0.15) is 26.3 Å². The highest BCUT2D eigenvalue weighted by molar-refractivity contribution is 5.92. The molecule has 0 bridgehead atoms. The topological polar surface area (TPSA) is 156 Å². The lowest BCUT2D eigenvalue weighted by atomic mass is 9.82. The van der Waals surface area contributed by atoms with E-state index in [1.807, 2.05) is 0 Å². The lowest BCUT2D eigenvalue weighted by Gasteiger charge is -2.55. The molecule has 0 fully saturated rings. The fourth-order valence-corrected chi connectivity index (χ4v) is 5.16. The van der Waals surface area contributed by atoms with Crippen molar-refractivity contribution in [1.82, 2.24) is 24.9 Å². The second kappa shape index (κ2) is 7.49. The quantitative estimate of drug-likeness (QED) is 0.541. The molecule has 0 aromatic heterocycles. The third kappa shape index (κ3) is 2.65. The van der Waals surface area contributed by atoms with Gasteiger partial charge in [-0.05, 0) is 6.92 Å². The summed E-state index contributed by atoms with van der Waals surface area (Å²) < 4.78 is 0. The molecule has 1 N–H and O–H groups in total. The molecule has 0 aromatic rings. The molecule has 0 radical (unpaired) electrons. The van der Waals surface area contributed by atoms with Crippen molar-refractivity contribution in [3.05, 3.63) is 34.2 Å². The van der Waals surface area contributed by atoms with E-state index in [9.17, 15) is 26.3 Å². The van der Waals surface area contributed by atoms with Crippen LogP contribution in [0.25, 0.3) is 0 Å². The van der Waals surface area contributed by atoms with E-state index < -0.39 is 30.2 Å². The van der Waals surface area contributed by atoms with Crippen LogP contribution in [0.3, 0.4) is 0 Å². The zero-order chi connectivity index (χ0) is 24.2. The van der Waals surface area contributed by atoms with Crippen molar-refractivity contribution in [3.8, 4) is 30.3 Å². The summed E-state index contributed by atoms with van der Waals surface area (Å²) in [5, 5.41) is 52.4. The van der Waals surface area contributed by atoms with Crippen LogP contribution in [0, 0.1) is 56.7 Å². The average molecular weight is 439 g/mol. The third-order valence-electron chi connectivity index (χ3n) is 6.84. The fourth-order valence-electron chi connectivity index (χ4n) is 5.16. The van der Waals surface area contributed by atoms with E-state index in [0.29, 0.717) is 22.8 Å². The Kier molecular flexibility index (Phi) is 4.89. The predicted octanol–water partition coefficient (Wildman–Crippen LogP) is -0.0858. The summed E-state index contributed by atoms with van der Waals surface area (Å²) in [6.07, 6.45) is 0. The van der Waals surface area contributed by atoms with Gasteiger partial charge in [0.25, 0.3) is 0 Å². The smallest absolute Gasteiger partial charge is 0.153 e. The van der Waals surface area contributed by atoms with Gasteiger partial charge in [0, 0.05) is 28.2 Å². The van der Waals surface area contributed by atoms with Crippen LogP contribution in [0.1, 0.15) is 6.92 Å². The number of nitriles is 5. The second-order valence-electron chi connectivity index (χ2n) is 8.36. The second-order valence-corrected chi connectivity index (χ2v) is 8.36. The van der Waals surface area contributed by atoms with Gasteiger partial charge in [0.05, 0.1) is 53.1 Å². The largest absolute Gasteiger partial charge is 0.365 e. The molecule has 3 heterocycles. The maximum atomic E-state index is 9.90. The summed E-state index contributed by atoms with van der Waals surface area (Å²) >= 11 is 0. The number of hydrogen-bond donors (Lipinski definition) is 1. The number of nitrogens with one attached hydrogen (secondary N) is 1. The van der Waals surface area contributed by atoms with E-state index in [0.717, 1.165) is 5.70 Å². The Labute approximate surface area is 192 Å². The van der Waals surface area contributed by atoms with Gasteiger partial charge in [-0.3, -0.25) is 4.99 Å². The number of hydrogen-bond acceptors (Lipinski definition) is 11. The molecule has 5 unspecified atom stereocenters. The predicted molar refractivity (Wildman–Crippen MR) is 115 cm³/mol. The first-order valence-electron chi connectivity index (χ1n) is 10.2. The van der Waals surface area contributed by atoms with Gasteiger partial charge in [-0.1, -0.05) is 0 Å². The molecular formula is C22H21N11. The fraction of sp³-hybridized carbons (Fsp3) is 0.455. The molecule has 0 spiro atoms. The number of rotatable bonds is 0. The summed E-state index contributed by atoms with van der Waals surface area (Å²) in [5.74, 6) is 0. The van der Waals surface area contributed by atoms with Crippen LogP contribution in [0.5, 0.6) is 0 Å². The normalized spacial score (nSPS) is 30.5. The van der Waals surface area contributed by atoms with Crippen LogP contribution in [0.2, 0.25) is 0 Å². The molecule has 3 aliphatic heterocycles. The minimum Gasteiger partial charge on any atom is -0.365 e. The minimum absolute atomic E-state index is 0.205. The zero-order valence-corrected chi connectivity index (χ0v) is 18.9. The standard InChI is InChI=1S/C22H21N11/c1-11-12(6-23)29-18-17(28-11)19-21(32(4)15(9-26)13(7-24)30(19)2)22-20(18)31(3)14(8-25)16(10-27)33(22)5/h12-13,15,20,22,29H,1-5H3. The van der Waals surface area contributed by atoms with Gasteiger partial charge in [-0.25, -0.2) is 0 Å². The lowest BCUT2D eigenvalue weighted by Crippen LogP contribution is -2.66. The Hall–Kier alpha value is -4.66. The Morgan fingerprint density at radius 1 is 0.758 bits per heavy atom. The molecule has 33 heavy (non-hydrogen) atoms. The summed E-state index contributed by atoms with van der Waals surface area (Å²) in [5.41, 5.74) is 3.59. The van der Waals surface area contributed by atoms with E-state index in [-0.39, 0.29) is 11.4 Å². The van der Waals surface area contributed by atoms with Crippen molar-refractivity contribution in [2.75, 3.05) is 28.2 Å². The lowest BCUT2D eigenvalue weighted by molar-refractivity contribution is 0.104. The SMILES string of the molecule is CC1=NC2=C(NC1C#N)C1C(C3=C2N(C)C(C#N)C(C#N)N3C)N(C)C(C#N)=C(C#N)N1C. The zero-order valence-electron chi connectivity index (χ0n) is 18.9. The summed E-state index contributed by atoms with van der Waals surface area (Å²) in [7, 11) is 6.98. The van der Waals surface area contributed by atoms with Crippen molar-refractivity contribution in [2.24, 2.45) is 4.99 Å². The van der Waals surface area contributed by atoms with E-state index in [1.54, 1.807) is 54.7 Å². The van der Waals surface area contributed by atoms with E-state index >= 15 is 0 Å². The van der Waals surface area contributed by atoms with Gasteiger partial charge in [0.1, 0.15) is 17.8 Å². The summed E-state index contributed by atoms with van der Waals surface area (Å²) in [4.78, 5) is 11.8. The Balaban J connectivity index is 2.08. The van der Waals surface area contributed by atoms with Crippen LogP contribution >= 0.6 is 0 Å². The maximum absolute atomic E-state index is 9.90. The van der Waals surface area contributed by atoms with Gasteiger partial charge in [-0.15, -0.1) is 0 Å². The van der Waals surface area contributed by atoms with Gasteiger partial charge in [0.2, 0.25) is 0 Å². The molecule has 0 saturated heterocycles. The molecule has 4 aliphatic rings. The summed E-state index contributed by atoms with van der Waals surface area (Å²) in [6.45, 7) is 1.76. The number of allylic oxidation sites excluding steroid dienone is 2. The molecule has 1 aliphatic carbocycles. The van der Waals surface area contributed by atoms with E-state index in [2.05, 4.69) is 35.7 Å². The van der Waals surface area contributed by atoms with Crippen molar-refractivity contribution >= 4 is 5.71 Å². The van der Waals surface area contributed by atoms with Crippen molar-refractivity contribution in [3.63, 3.8) is 0 Å².